The van der Waals surface area contributed by atoms with Crippen molar-refractivity contribution in [1.29, 1.82) is 0 Å². The van der Waals surface area contributed by atoms with Gasteiger partial charge in [-0.25, -0.2) is 4.79 Å². The highest BCUT2D eigenvalue weighted by molar-refractivity contribution is 5.90. The van der Waals surface area contributed by atoms with E-state index in [1.54, 1.807) is 6.92 Å². The zero-order chi connectivity index (χ0) is 35.5. The van der Waals surface area contributed by atoms with Crippen LogP contribution in [0, 0.1) is 45.8 Å². The van der Waals surface area contributed by atoms with Crippen LogP contribution in [0.15, 0.2) is 11.6 Å². The highest BCUT2D eigenvalue weighted by Gasteiger charge is 2.84. The number of hydrogen-bond acceptors (Lipinski definition) is 10. The SMILES string of the molecule is CO[C@@H]1[C@@H](C)O[C@@H](OCC23CC4C(C)CCC4C4(C=O)CC2C=C(C(C)C)C43C(=O)O)C(O)C12OC(=O)[C@H](CCCCCCCC(=O)O)O2. The lowest BCUT2D eigenvalue weighted by molar-refractivity contribution is -0.386. The molecular formula is C37H54O12. The maximum Gasteiger partial charge on any atom is 0.338 e. The number of carbonyl (C=O) groups is 4. The molecular weight excluding hydrogens is 636 g/mol. The molecule has 12 heteroatoms. The number of aliphatic carboxylic acids is 2. The van der Waals surface area contributed by atoms with Crippen LogP contribution in [0.4, 0.5) is 0 Å². The van der Waals surface area contributed by atoms with E-state index >= 15 is 0 Å². The van der Waals surface area contributed by atoms with Crippen LogP contribution in [0.1, 0.15) is 98.3 Å². The van der Waals surface area contributed by atoms with Gasteiger partial charge in [0.1, 0.15) is 11.7 Å². The molecule has 274 valence electrons. The van der Waals surface area contributed by atoms with Crippen LogP contribution in [0.2, 0.25) is 0 Å². The van der Waals surface area contributed by atoms with Gasteiger partial charge in [-0.3, -0.25) is 9.59 Å². The quantitative estimate of drug-likeness (QED) is 0.0951. The molecule has 12 nitrogen and oxygen atoms in total. The third kappa shape index (κ3) is 5.17. The summed E-state index contributed by atoms with van der Waals surface area (Å²) >= 11 is 0. The Bertz CT molecular complexity index is 1350. The topological polar surface area (TPSA) is 175 Å². The van der Waals surface area contributed by atoms with E-state index < -0.39 is 70.6 Å². The molecule has 3 saturated carbocycles. The number of allylic oxidation sites excluding steroid dienone is 1. The molecule has 0 aromatic carbocycles. The second-order valence-electron chi connectivity index (χ2n) is 16.1. The standard InChI is InChI=1S/C37H54O12/c1-20(2)26-15-23-16-34(18-38)25-14-13-21(3)24(25)17-35(23,36(26,34)33(43)44)19-46-32-29(41)37(30(45-5)22(4)47-32)48-27(31(42)49-37)11-9-7-6-8-10-12-28(39)40/h15,18,20-25,27,29-30,32,41H,6-14,16-17,19H2,1-5H3,(H,39,40)(H,43,44)/t21?,22-,23?,24?,25?,27+,29?,30-,32-,34?,35?,36?,37?/m1/s1. The summed E-state index contributed by atoms with van der Waals surface area (Å²) in [6, 6.07) is 0. The van der Waals surface area contributed by atoms with Crippen molar-refractivity contribution >= 4 is 24.2 Å². The maximum atomic E-state index is 13.8. The van der Waals surface area contributed by atoms with Crippen molar-refractivity contribution in [2.45, 2.75) is 135 Å². The zero-order valence-electron chi connectivity index (χ0n) is 29.4. The van der Waals surface area contributed by atoms with Gasteiger partial charge in [-0.2, -0.15) is 0 Å². The Morgan fingerprint density at radius 2 is 1.80 bits per heavy atom. The number of carbonyl (C=O) groups excluding carboxylic acids is 2. The van der Waals surface area contributed by atoms with Crippen molar-refractivity contribution in [2.75, 3.05) is 13.7 Å². The first kappa shape index (κ1) is 36.4. The number of carboxylic acid groups (broad SMARTS) is 2. The highest BCUT2D eigenvalue weighted by atomic mass is 16.8. The summed E-state index contributed by atoms with van der Waals surface area (Å²) in [6.45, 7) is 7.82. The minimum Gasteiger partial charge on any atom is -0.481 e. The number of aliphatic hydroxyl groups is 1. The van der Waals surface area contributed by atoms with Gasteiger partial charge in [0.25, 0.3) is 5.79 Å². The first-order chi connectivity index (χ1) is 23.3. The average Bonchev–Trinajstić information content (AvgIpc) is 3.72. The van der Waals surface area contributed by atoms with E-state index in [0.29, 0.717) is 38.0 Å². The third-order valence-electron chi connectivity index (χ3n) is 13.4. The second-order valence-corrected chi connectivity index (χ2v) is 16.1. The minimum atomic E-state index is -1.90. The fourth-order valence-electron chi connectivity index (χ4n) is 11.5. The number of ether oxygens (including phenoxy) is 5. The summed E-state index contributed by atoms with van der Waals surface area (Å²) in [5.74, 6) is -4.13. The Hall–Kier alpha value is -2.38. The summed E-state index contributed by atoms with van der Waals surface area (Å²) in [6.07, 6.45) is 4.42. The first-order valence-corrected chi connectivity index (χ1v) is 18.3. The van der Waals surface area contributed by atoms with Gasteiger partial charge in [0.05, 0.1) is 18.1 Å². The molecule has 0 radical (unpaired) electrons. The molecule has 2 heterocycles. The molecule has 5 fully saturated rings. The normalized spacial score (nSPS) is 45.1. The van der Waals surface area contributed by atoms with Gasteiger partial charge in [0.2, 0.25) is 0 Å². The maximum absolute atomic E-state index is 13.8. The van der Waals surface area contributed by atoms with E-state index in [9.17, 15) is 29.4 Å². The number of hydrogen-bond donors (Lipinski definition) is 3. The number of unbranched alkanes of at least 4 members (excludes halogenated alkanes) is 4. The van der Waals surface area contributed by atoms with E-state index in [1.807, 2.05) is 13.8 Å². The molecule has 9 unspecified atom stereocenters. The predicted molar refractivity (Wildman–Crippen MR) is 173 cm³/mol. The molecule has 4 bridgehead atoms. The van der Waals surface area contributed by atoms with Gasteiger partial charge in [0.15, 0.2) is 24.6 Å². The van der Waals surface area contributed by atoms with Crippen molar-refractivity contribution in [3.63, 3.8) is 0 Å². The Morgan fingerprint density at radius 1 is 1.08 bits per heavy atom. The fourth-order valence-corrected chi connectivity index (χ4v) is 11.5. The lowest BCUT2D eigenvalue weighted by Gasteiger charge is -2.58. The van der Waals surface area contributed by atoms with Crippen LogP contribution in [0.5, 0.6) is 0 Å². The van der Waals surface area contributed by atoms with Crippen molar-refractivity contribution < 1.29 is 58.2 Å². The van der Waals surface area contributed by atoms with Gasteiger partial charge < -0.3 is 43.8 Å². The molecule has 0 aromatic rings. The third-order valence-corrected chi connectivity index (χ3v) is 13.4. The zero-order valence-corrected chi connectivity index (χ0v) is 29.4. The molecule has 3 N–H and O–H groups in total. The number of fused-ring (bicyclic) bond motifs is 2. The number of carboxylic acids is 2. The summed E-state index contributed by atoms with van der Waals surface area (Å²) < 4.78 is 30.5. The van der Waals surface area contributed by atoms with Crippen molar-refractivity contribution in [3.05, 3.63) is 11.6 Å². The van der Waals surface area contributed by atoms with E-state index in [0.717, 1.165) is 44.0 Å². The van der Waals surface area contributed by atoms with Crippen LogP contribution in [-0.2, 0) is 42.9 Å². The van der Waals surface area contributed by atoms with E-state index in [-0.39, 0.29) is 36.7 Å². The lowest BCUT2D eigenvalue weighted by atomic mass is 9.43. The molecule has 4 aliphatic carbocycles. The number of aldehydes is 1. The van der Waals surface area contributed by atoms with Crippen LogP contribution in [0.3, 0.4) is 0 Å². The summed E-state index contributed by atoms with van der Waals surface area (Å²) in [5, 5.41) is 32.0. The molecule has 1 spiro atoms. The average molecular weight is 691 g/mol. The number of methoxy groups -OCH3 is 1. The van der Waals surface area contributed by atoms with Crippen molar-refractivity contribution in [1.82, 2.24) is 0 Å². The van der Waals surface area contributed by atoms with Gasteiger partial charge in [-0.15, -0.1) is 0 Å². The van der Waals surface area contributed by atoms with E-state index in [1.165, 1.54) is 7.11 Å². The van der Waals surface area contributed by atoms with Gasteiger partial charge in [0, 0.05) is 18.9 Å². The Labute approximate surface area is 288 Å². The fraction of sp³-hybridized carbons (Fsp3) is 0.838. The summed E-state index contributed by atoms with van der Waals surface area (Å²) in [4.78, 5) is 51.1. The highest BCUT2D eigenvalue weighted by Crippen LogP contribution is 2.82. The molecule has 2 saturated heterocycles. The molecule has 0 amide bonds. The number of esters is 1. The number of aliphatic hydroxyl groups excluding tert-OH is 1. The van der Waals surface area contributed by atoms with Gasteiger partial charge in [-0.1, -0.05) is 64.5 Å². The largest absolute Gasteiger partial charge is 0.481 e. The molecule has 6 aliphatic rings. The Morgan fingerprint density at radius 3 is 2.45 bits per heavy atom. The van der Waals surface area contributed by atoms with Crippen molar-refractivity contribution in [3.8, 4) is 0 Å². The predicted octanol–water partition coefficient (Wildman–Crippen LogP) is 4.50. The molecule has 0 aromatic heterocycles. The monoisotopic (exact) mass is 690 g/mol. The number of rotatable bonds is 15. The summed E-state index contributed by atoms with van der Waals surface area (Å²) in [5.41, 5.74) is -2.64. The summed E-state index contributed by atoms with van der Waals surface area (Å²) in [7, 11) is 1.42. The van der Waals surface area contributed by atoms with Crippen LogP contribution < -0.4 is 0 Å². The molecule has 13 atom stereocenters. The lowest BCUT2D eigenvalue weighted by Crippen LogP contribution is -2.68. The molecule has 2 aliphatic heterocycles. The van der Waals surface area contributed by atoms with E-state index in [4.69, 9.17) is 28.8 Å². The van der Waals surface area contributed by atoms with Crippen LogP contribution >= 0.6 is 0 Å². The molecule has 49 heavy (non-hydrogen) atoms. The smallest absolute Gasteiger partial charge is 0.338 e. The molecule has 6 rings (SSSR count). The second kappa shape index (κ2) is 13.3. The Balaban J connectivity index is 1.23. The van der Waals surface area contributed by atoms with Gasteiger partial charge >= 0.3 is 17.9 Å². The minimum absolute atomic E-state index is 0.0214. The first-order valence-electron chi connectivity index (χ1n) is 18.3. The Kier molecular flexibility index (Phi) is 9.89. The van der Waals surface area contributed by atoms with Crippen LogP contribution in [-0.4, -0.2) is 89.7 Å². The van der Waals surface area contributed by atoms with Crippen molar-refractivity contribution in [2.24, 2.45) is 45.8 Å². The van der Waals surface area contributed by atoms with Crippen LogP contribution in [0.25, 0.3) is 0 Å². The van der Waals surface area contributed by atoms with Gasteiger partial charge in [-0.05, 0) is 68.6 Å². The van der Waals surface area contributed by atoms with E-state index in [2.05, 4.69) is 13.0 Å².